The highest BCUT2D eigenvalue weighted by atomic mass is 79.9. The molecule has 0 bridgehead atoms. The fourth-order valence-electron chi connectivity index (χ4n) is 0.981. The molecule has 12 heavy (non-hydrogen) atoms. The molecule has 5 heteroatoms. The molecule has 0 aromatic rings. The van der Waals surface area contributed by atoms with E-state index in [0.29, 0.717) is 6.42 Å². The van der Waals surface area contributed by atoms with E-state index in [2.05, 4.69) is 52.5 Å². The van der Waals surface area contributed by atoms with E-state index in [1.165, 1.54) is 7.11 Å². The van der Waals surface area contributed by atoms with Crippen LogP contribution in [0.5, 0.6) is 0 Å². The Morgan fingerprint density at radius 2 is 2.00 bits per heavy atom. The molecule has 1 unspecified atom stereocenters. The lowest BCUT2D eigenvalue weighted by molar-refractivity contribution is -0.140. The van der Waals surface area contributed by atoms with Gasteiger partial charge in [-0.05, 0) is 12.8 Å². The first kappa shape index (κ1) is 11.0. The van der Waals surface area contributed by atoms with E-state index in [1.807, 2.05) is 0 Å². The SMILES string of the molecule is COC(=O)CCC1(Br)CC1(Br)Br. The summed E-state index contributed by atoms with van der Waals surface area (Å²) in [5.41, 5.74) is 0. The van der Waals surface area contributed by atoms with Gasteiger partial charge in [-0.25, -0.2) is 0 Å². The van der Waals surface area contributed by atoms with E-state index < -0.39 is 0 Å². The third-order valence-electron chi connectivity index (χ3n) is 1.99. The van der Waals surface area contributed by atoms with Crippen LogP contribution in [0.2, 0.25) is 0 Å². The van der Waals surface area contributed by atoms with Crippen molar-refractivity contribution in [1.29, 1.82) is 0 Å². The van der Waals surface area contributed by atoms with Crippen molar-refractivity contribution in [2.75, 3.05) is 7.11 Å². The van der Waals surface area contributed by atoms with Crippen LogP contribution >= 0.6 is 47.8 Å². The van der Waals surface area contributed by atoms with Gasteiger partial charge in [0.25, 0.3) is 0 Å². The summed E-state index contributed by atoms with van der Waals surface area (Å²) in [4.78, 5) is 10.8. The Labute approximate surface area is 96.8 Å². The molecule has 0 N–H and O–H groups in total. The summed E-state index contributed by atoms with van der Waals surface area (Å²) in [5.74, 6) is -0.156. The zero-order chi connectivity index (χ0) is 9.41. The molecular weight excluding hydrogens is 356 g/mol. The number of ether oxygens (including phenoxy) is 1. The number of hydrogen-bond donors (Lipinski definition) is 0. The average Bonchev–Trinajstić information content (AvgIpc) is 2.47. The van der Waals surface area contributed by atoms with Gasteiger partial charge in [0.1, 0.15) is 0 Å². The molecule has 0 amide bonds. The largest absolute Gasteiger partial charge is 0.469 e. The molecule has 2 nitrogen and oxygen atoms in total. The van der Waals surface area contributed by atoms with Crippen molar-refractivity contribution in [3.63, 3.8) is 0 Å². The van der Waals surface area contributed by atoms with Crippen LogP contribution in [-0.4, -0.2) is 20.6 Å². The first-order chi connectivity index (χ1) is 5.41. The molecule has 0 aliphatic heterocycles. The average molecular weight is 365 g/mol. The summed E-state index contributed by atoms with van der Waals surface area (Å²) in [5, 5.41) is 0. The first-order valence-corrected chi connectivity index (χ1v) is 5.93. The number of alkyl halides is 3. The fraction of sp³-hybridized carbons (Fsp3) is 0.857. The first-order valence-electron chi connectivity index (χ1n) is 3.55. The topological polar surface area (TPSA) is 26.3 Å². The molecule has 0 saturated heterocycles. The minimum atomic E-state index is -0.156. The lowest BCUT2D eigenvalue weighted by Crippen LogP contribution is -2.11. The molecule has 1 rings (SSSR count). The Morgan fingerprint density at radius 3 is 2.33 bits per heavy atom. The van der Waals surface area contributed by atoms with Crippen molar-refractivity contribution < 1.29 is 9.53 Å². The predicted molar refractivity (Wildman–Crippen MR) is 58.1 cm³/mol. The van der Waals surface area contributed by atoms with Gasteiger partial charge in [-0.2, -0.15) is 0 Å². The zero-order valence-electron chi connectivity index (χ0n) is 6.57. The van der Waals surface area contributed by atoms with Gasteiger partial charge in [0.15, 0.2) is 0 Å². The quantitative estimate of drug-likeness (QED) is 0.568. The van der Waals surface area contributed by atoms with E-state index in [-0.39, 0.29) is 13.5 Å². The minimum absolute atomic E-state index is 0.0220. The molecule has 0 heterocycles. The Hall–Kier alpha value is 0.910. The summed E-state index contributed by atoms with van der Waals surface area (Å²) < 4.78 is 4.55. The van der Waals surface area contributed by atoms with Gasteiger partial charge >= 0.3 is 5.97 Å². The van der Waals surface area contributed by atoms with E-state index in [1.54, 1.807) is 0 Å². The molecule has 0 aromatic heterocycles. The molecule has 1 fully saturated rings. The molecule has 1 atom stereocenters. The normalized spacial score (nSPS) is 31.3. The summed E-state index contributed by atoms with van der Waals surface area (Å²) in [6.45, 7) is 0. The Kier molecular flexibility index (Phi) is 3.27. The smallest absolute Gasteiger partial charge is 0.305 e. The van der Waals surface area contributed by atoms with Gasteiger partial charge in [-0.3, -0.25) is 4.79 Å². The number of carbonyl (C=O) groups is 1. The molecule has 0 radical (unpaired) electrons. The van der Waals surface area contributed by atoms with Crippen LogP contribution in [0.25, 0.3) is 0 Å². The zero-order valence-corrected chi connectivity index (χ0v) is 11.3. The van der Waals surface area contributed by atoms with Crippen molar-refractivity contribution in [2.45, 2.75) is 26.8 Å². The van der Waals surface area contributed by atoms with Gasteiger partial charge < -0.3 is 4.74 Å². The molecule has 1 aliphatic rings. The van der Waals surface area contributed by atoms with Crippen molar-refractivity contribution >= 4 is 53.8 Å². The number of methoxy groups -OCH3 is 1. The molecular formula is C7H9Br3O2. The third kappa shape index (κ3) is 2.23. The molecule has 0 spiro atoms. The highest BCUT2D eigenvalue weighted by Gasteiger charge is 2.63. The van der Waals surface area contributed by atoms with Crippen LogP contribution in [0.4, 0.5) is 0 Å². The molecule has 70 valence electrons. The fourth-order valence-corrected chi connectivity index (χ4v) is 3.71. The lowest BCUT2D eigenvalue weighted by Gasteiger charge is -2.08. The van der Waals surface area contributed by atoms with Crippen LogP contribution in [0.1, 0.15) is 19.3 Å². The number of hydrogen-bond acceptors (Lipinski definition) is 2. The van der Waals surface area contributed by atoms with Crippen LogP contribution in [0.15, 0.2) is 0 Å². The third-order valence-corrected chi connectivity index (χ3v) is 6.48. The summed E-state index contributed by atoms with van der Waals surface area (Å²) in [6.07, 6.45) is 2.23. The van der Waals surface area contributed by atoms with Crippen molar-refractivity contribution in [3.8, 4) is 0 Å². The van der Waals surface area contributed by atoms with Crippen LogP contribution in [0, 0.1) is 0 Å². The molecule has 1 saturated carbocycles. The van der Waals surface area contributed by atoms with E-state index in [0.717, 1.165) is 12.8 Å². The molecule has 0 aromatic carbocycles. The predicted octanol–water partition coefficient (Wildman–Crippen LogP) is 2.96. The van der Waals surface area contributed by atoms with Gasteiger partial charge in [-0.1, -0.05) is 47.8 Å². The maximum absolute atomic E-state index is 10.8. The Morgan fingerprint density at radius 1 is 1.50 bits per heavy atom. The monoisotopic (exact) mass is 362 g/mol. The van der Waals surface area contributed by atoms with Crippen molar-refractivity contribution in [1.82, 2.24) is 0 Å². The number of rotatable bonds is 3. The summed E-state index contributed by atoms with van der Waals surface area (Å²) in [6, 6.07) is 0. The second kappa shape index (κ2) is 3.58. The number of carbonyl (C=O) groups excluding carboxylic acids is 1. The van der Waals surface area contributed by atoms with E-state index in [9.17, 15) is 4.79 Å². The van der Waals surface area contributed by atoms with Crippen LogP contribution in [-0.2, 0) is 9.53 Å². The number of halogens is 3. The van der Waals surface area contributed by atoms with E-state index >= 15 is 0 Å². The van der Waals surface area contributed by atoms with Crippen molar-refractivity contribution in [2.24, 2.45) is 0 Å². The number of esters is 1. The summed E-state index contributed by atoms with van der Waals surface area (Å²) in [7, 11) is 1.41. The minimum Gasteiger partial charge on any atom is -0.469 e. The van der Waals surface area contributed by atoms with Gasteiger partial charge in [-0.15, -0.1) is 0 Å². The lowest BCUT2D eigenvalue weighted by atomic mass is 10.2. The van der Waals surface area contributed by atoms with Gasteiger partial charge in [0, 0.05) is 6.42 Å². The van der Waals surface area contributed by atoms with Crippen LogP contribution < -0.4 is 0 Å². The van der Waals surface area contributed by atoms with Gasteiger partial charge in [0.05, 0.1) is 14.7 Å². The maximum atomic E-state index is 10.8. The van der Waals surface area contributed by atoms with Crippen molar-refractivity contribution in [3.05, 3.63) is 0 Å². The maximum Gasteiger partial charge on any atom is 0.305 e. The van der Waals surface area contributed by atoms with E-state index in [4.69, 9.17) is 0 Å². The summed E-state index contributed by atoms with van der Waals surface area (Å²) >= 11 is 10.6. The second-order valence-electron chi connectivity index (χ2n) is 2.92. The Balaban J connectivity index is 2.30. The second-order valence-corrected chi connectivity index (χ2v) is 8.21. The van der Waals surface area contributed by atoms with Gasteiger partial charge in [0.2, 0.25) is 0 Å². The van der Waals surface area contributed by atoms with Crippen LogP contribution in [0.3, 0.4) is 0 Å². The highest BCUT2D eigenvalue weighted by Crippen LogP contribution is 2.67. The standard InChI is InChI=1S/C7H9Br3O2/c1-12-5(11)2-3-6(8)4-7(6,9)10/h2-4H2,1H3. The Bertz CT molecular complexity index is 205. The highest BCUT2D eigenvalue weighted by molar-refractivity contribution is 9.26. The molecule has 1 aliphatic carbocycles.